The molecule has 23 heavy (non-hydrogen) atoms. The van der Waals surface area contributed by atoms with Gasteiger partial charge in [-0.25, -0.2) is 0 Å². The van der Waals surface area contributed by atoms with Gasteiger partial charge in [-0.1, -0.05) is 35.3 Å². The van der Waals surface area contributed by atoms with Crippen LogP contribution in [0.2, 0.25) is 10.0 Å². The number of rotatable bonds is 10. The molecule has 0 saturated carbocycles. The summed E-state index contributed by atoms with van der Waals surface area (Å²) < 4.78 is 10.2. The van der Waals surface area contributed by atoms with Crippen LogP contribution in [0.4, 0.5) is 0 Å². The Balaban J connectivity index is 2.20. The second kappa shape index (κ2) is 11.1. The molecule has 0 aliphatic carbocycles. The van der Waals surface area contributed by atoms with Gasteiger partial charge in [-0.15, -0.1) is 6.58 Å². The van der Waals surface area contributed by atoms with Crippen LogP contribution in [0.3, 0.4) is 0 Å². The topological polar surface area (TPSA) is 52.6 Å². The van der Waals surface area contributed by atoms with Crippen LogP contribution in [0.5, 0.6) is 5.75 Å². The van der Waals surface area contributed by atoms with E-state index in [1.807, 2.05) is 6.08 Å². The molecule has 0 N–H and O–H groups in total. The summed E-state index contributed by atoms with van der Waals surface area (Å²) in [6.45, 7) is 4.02. The van der Waals surface area contributed by atoms with E-state index in [1.54, 1.807) is 18.2 Å². The van der Waals surface area contributed by atoms with Crippen molar-refractivity contribution in [2.24, 2.45) is 0 Å². The van der Waals surface area contributed by atoms with Gasteiger partial charge in [-0.05, 0) is 37.8 Å². The maximum atomic E-state index is 11.7. The molecule has 0 spiro atoms. The quantitative estimate of drug-likeness (QED) is 0.256. The Morgan fingerprint density at radius 3 is 2.57 bits per heavy atom. The fourth-order valence-electron chi connectivity index (χ4n) is 1.76. The molecule has 0 amide bonds. The predicted octanol–water partition coefficient (Wildman–Crippen LogP) is 4.97. The molecule has 0 aliphatic heterocycles. The summed E-state index contributed by atoms with van der Waals surface area (Å²) >= 11 is 11.8. The van der Waals surface area contributed by atoms with Crippen molar-refractivity contribution >= 4 is 35.1 Å². The SMILES string of the molecule is C=CCCCCOC(=O)CCCC(=O)Oc1cccc(Cl)c1Cl. The van der Waals surface area contributed by atoms with Crippen LogP contribution < -0.4 is 4.74 Å². The van der Waals surface area contributed by atoms with Crippen LogP contribution >= 0.6 is 23.2 Å². The molecule has 0 atom stereocenters. The largest absolute Gasteiger partial charge is 0.466 e. The van der Waals surface area contributed by atoms with E-state index in [1.165, 1.54) is 0 Å². The molecule has 0 bridgehead atoms. The van der Waals surface area contributed by atoms with Gasteiger partial charge in [0.05, 0.1) is 11.6 Å². The van der Waals surface area contributed by atoms with Crippen LogP contribution in [0, 0.1) is 0 Å². The minimum Gasteiger partial charge on any atom is -0.466 e. The van der Waals surface area contributed by atoms with Gasteiger partial charge in [-0.3, -0.25) is 9.59 Å². The predicted molar refractivity (Wildman–Crippen MR) is 91.0 cm³/mol. The summed E-state index contributed by atoms with van der Waals surface area (Å²) in [4.78, 5) is 23.2. The van der Waals surface area contributed by atoms with Crippen molar-refractivity contribution in [3.05, 3.63) is 40.9 Å². The first kappa shape index (κ1) is 19.5. The first-order valence-electron chi connectivity index (χ1n) is 7.45. The van der Waals surface area contributed by atoms with E-state index in [9.17, 15) is 9.59 Å². The first-order valence-corrected chi connectivity index (χ1v) is 8.21. The number of benzene rings is 1. The highest BCUT2D eigenvalue weighted by Gasteiger charge is 2.11. The lowest BCUT2D eigenvalue weighted by atomic mass is 10.2. The van der Waals surface area contributed by atoms with Crippen molar-refractivity contribution in [1.82, 2.24) is 0 Å². The molecule has 0 heterocycles. The monoisotopic (exact) mass is 358 g/mol. The molecule has 4 nitrogen and oxygen atoms in total. The highest BCUT2D eigenvalue weighted by atomic mass is 35.5. The standard InChI is InChI=1S/C17H20Cl2O4/c1-2-3-4-5-12-22-15(20)10-7-11-16(21)23-14-9-6-8-13(18)17(14)19/h2,6,8-9H,1,3-5,7,10-12H2. The highest BCUT2D eigenvalue weighted by molar-refractivity contribution is 6.43. The van der Waals surface area contributed by atoms with E-state index in [4.69, 9.17) is 32.7 Å². The fraction of sp³-hybridized carbons (Fsp3) is 0.412. The van der Waals surface area contributed by atoms with Crippen LogP contribution in [0.25, 0.3) is 0 Å². The van der Waals surface area contributed by atoms with Gasteiger partial charge in [0.15, 0.2) is 5.75 Å². The Morgan fingerprint density at radius 2 is 1.83 bits per heavy atom. The number of hydrogen-bond acceptors (Lipinski definition) is 4. The molecule has 0 fully saturated rings. The van der Waals surface area contributed by atoms with Crippen molar-refractivity contribution in [2.75, 3.05) is 6.61 Å². The molecule has 1 aromatic carbocycles. The Bertz CT molecular complexity index is 543. The van der Waals surface area contributed by atoms with E-state index in [-0.39, 0.29) is 29.6 Å². The summed E-state index contributed by atoms with van der Waals surface area (Å²) in [6.07, 6.45) is 5.16. The van der Waals surface area contributed by atoms with Crippen LogP contribution in [-0.2, 0) is 14.3 Å². The third-order valence-corrected chi connectivity index (χ3v) is 3.77. The smallest absolute Gasteiger partial charge is 0.311 e. The lowest BCUT2D eigenvalue weighted by Crippen LogP contribution is -2.10. The van der Waals surface area contributed by atoms with Gasteiger partial charge in [0.2, 0.25) is 0 Å². The first-order chi connectivity index (χ1) is 11.0. The number of halogens is 2. The average Bonchev–Trinajstić information content (AvgIpc) is 2.51. The number of esters is 2. The van der Waals surface area contributed by atoms with Crippen LogP contribution in [0.1, 0.15) is 38.5 Å². The summed E-state index contributed by atoms with van der Waals surface area (Å²) in [5, 5.41) is 0.512. The van der Waals surface area contributed by atoms with Crippen LogP contribution in [0.15, 0.2) is 30.9 Å². The highest BCUT2D eigenvalue weighted by Crippen LogP contribution is 2.31. The maximum Gasteiger partial charge on any atom is 0.311 e. The second-order valence-corrected chi connectivity index (χ2v) is 5.67. The molecule has 0 radical (unpaired) electrons. The van der Waals surface area contributed by atoms with Crippen molar-refractivity contribution < 1.29 is 19.1 Å². The number of carbonyl (C=O) groups is 2. The number of ether oxygens (including phenoxy) is 2. The summed E-state index contributed by atoms with van der Waals surface area (Å²) in [7, 11) is 0. The van der Waals surface area contributed by atoms with Gasteiger partial charge in [0.1, 0.15) is 5.02 Å². The molecule has 6 heteroatoms. The Hall–Kier alpha value is -1.52. The zero-order chi connectivity index (χ0) is 17.1. The van der Waals surface area contributed by atoms with E-state index < -0.39 is 5.97 Å². The van der Waals surface area contributed by atoms with E-state index in [2.05, 4.69) is 6.58 Å². The van der Waals surface area contributed by atoms with E-state index in [0.717, 1.165) is 19.3 Å². The summed E-state index contributed by atoms with van der Waals surface area (Å²) in [5.41, 5.74) is 0. The molecule has 1 rings (SSSR count). The van der Waals surface area contributed by atoms with Crippen molar-refractivity contribution in [3.8, 4) is 5.75 Å². The Kier molecular flexibility index (Phi) is 9.41. The second-order valence-electron chi connectivity index (χ2n) is 4.88. The van der Waals surface area contributed by atoms with Crippen molar-refractivity contribution in [1.29, 1.82) is 0 Å². The average molecular weight is 359 g/mol. The Labute approximate surface area is 146 Å². The third kappa shape index (κ3) is 8.05. The zero-order valence-corrected chi connectivity index (χ0v) is 14.4. The van der Waals surface area contributed by atoms with Gasteiger partial charge in [-0.2, -0.15) is 0 Å². The molecule has 0 unspecified atom stereocenters. The minimum absolute atomic E-state index is 0.106. The molecule has 0 saturated heterocycles. The molecular formula is C17H20Cl2O4. The van der Waals surface area contributed by atoms with E-state index >= 15 is 0 Å². The van der Waals surface area contributed by atoms with Crippen LogP contribution in [-0.4, -0.2) is 18.5 Å². The van der Waals surface area contributed by atoms with Gasteiger partial charge in [0, 0.05) is 12.8 Å². The summed E-state index contributed by atoms with van der Waals surface area (Å²) in [6, 6.07) is 4.80. The fourth-order valence-corrected chi connectivity index (χ4v) is 2.09. The number of allylic oxidation sites excluding steroid dienone is 1. The van der Waals surface area contributed by atoms with Crippen molar-refractivity contribution in [2.45, 2.75) is 38.5 Å². The van der Waals surface area contributed by atoms with Gasteiger partial charge in [0.25, 0.3) is 0 Å². The molecule has 126 valence electrons. The lowest BCUT2D eigenvalue weighted by molar-refractivity contribution is -0.144. The zero-order valence-electron chi connectivity index (χ0n) is 12.9. The maximum absolute atomic E-state index is 11.7. The molecule has 1 aromatic rings. The molecular weight excluding hydrogens is 339 g/mol. The number of unbranched alkanes of at least 4 members (excludes halogenated alkanes) is 2. The minimum atomic E-state index is -0.465. The third-order valence-electron chi connectivity index (χ3n) is 2.97. The Morgan fingerprint density at radius 1 is 1.09 bits per heavy atom. The summed E-state index contributed by atoms with van der Waals surface area (Å²) in [5.74, 6) is -0.556. The van der Waals surface area contributed by atoms with Gasteiger partial charge < -0.3 is 9.47 Å². The molecule has 0 aliphatic rings. The molecule has 0 aromatic heterocycles. The lowest BCUT2D eigenvalue weighted by Gasteiger charge is -2.07. The van der Waals surface area contributed by atoms with E-state index in [0.29, 0.717) is 18.1 Å². The van der Waals surface area contributed by atoms with Crippen molar-refractivity contribution in [3.63, 3.8) is 0 Å². The van der Waals surface area contributed by atoms with Gasteiger partial charge >= 0.3 is 11.9 Å². The number of hydrogen-bond donors (Lipinski definition) is 0. The normalized spacial score (nSPS) is 10.2. The number of carbonyl (C=O) groups excluding carboxylic acids is 2.